The van der Waals surface area contributed by atoms with Crippen LogP contribution in [0.1, 0.15) is 11.1 Å². The zero-order valence-corrected chi connectivity index (χ0v) is 16.6. The van der Waals surface area contributed by atoms with Crippen LogP contribution in [0.15, 0.2) is 71.6 Å². The van der Waals surface area contributed by atoms with E-state index in [1.54, 1.807) is 61.7 Å². The van der Waals surface area contributed by atoms with Crippen LogP contribution in [0.25, 0.3) is 22.2 Å². The summed E-state index contributed by atoms with van der Waals surface area (Å²) in [5, 5.41) is 14.6. The molecule has 0 radical (unpaired) electrons. The molecule has 0 atom stereocenters. The zero-order chi connectivity index (χ0) is 20.6. The molecular weight excluding hydrogens is 386 g/mol. The summed E-state index contributed by atoms with van der Waals surface area (Å²) in [6, 6.07) is 20.9. The summed E-state index contributed by atoms with van der Waals surface area (Å²) in [6.45, 7) is 1.88. The highest BCUT2D eigenvalue weighted by Gasteiger charge is 2.25. The fraction of sp³-hybridized carbons (Fsp3) is 0.0909. The number of aryl methyl sites for hydroxylation is 1. The highest BCUT2D eigenvalue weighted by atomic mass is 32.2. The number of nitriles is 1. The third-order valence-corrected chi connectivity index (χ3v) is 6.27. The second kappa shape index (κ2) is 7.08. The van der Waals surface area contributed by atoms with Gasteiger partial charge >= 0.3 is 0 Å². The number of fused-ring (bicyclic) bond motifs is 1. The quantitative estimate of drug-likeness (QED) is 0.511. The molecule has 4 aromatic rings. The monoisotopic (exact) mass is 403 g/mol. The van der Waals surface area contributed by atoms with Crippen molar-refractivity contribution in [2.24, 2.45) is 0 Å². The molecule has 3 aromatic carbocycles. The van der Waals surface area contributed by atoms with Crippen LogP contribution >= 0.6 is 0 Å². The Labute approximate surface area is 168 Å². The van der Waals surface area contributed by atoms with Crippen LogP contribution < -0.4 is 4.74 Å². The molecule has 0 fully saturated rings. The molecule has 6 nitrogen and oxygen atoms in total. The summed E-state index contributed by atoms with van der Waals surface area (Å²) in [4.78, 5) is 0.109. The van der Waals surface area contributed by atoms with Crippen molar-refractivity contribution in [1.29, 1.82) is 5.26 Å². The first kappa shape index (κ1) is 18.7. The molecule has 0 saturated carbocycles. The molecule has 7 heteroatoms. The van der Waals surface area contributed by atoms with Gasteiger partial charge in [-0.05, 0) is 37.3 Å². The zero-order valence-electron chi connectivity index (χ0n) is 15.8. The number of ether oxygens (including phenoxy) is 1. The van der Waals surface area contributed by atoms with E-state index in [0.717, 1.165) is 9.65 Å². The summed E-state index contributed by atoms with van der Waals surface area (Å²) in [5.41, 5.74) is 2.60. The molecule has 4 rings (SSSR count). The Bertz CT molecular complexity index is 1360. The summed E-state index contributed by atoms with van der Waals surface area (Å²) < 4.78 is 33.0. The summed E-state index contributed by atoms with van der Waals surface area (Å²) in [6.07, 6.45) is 0. The Balaban J connectivity index is 2.05. The van der Waals surface area contributed by atoms with Gasteiger partial charge in [-0.3, -0.25) is 0 Å². The van der Waals surface area contributed by atoms with E-state index in [9.17, 15) is 13.7 Å². The lowest BCUT2D eigenvalue weighted by Gasteiger charge is -2.07. The minimum absolute atomic E-state index is 0.109. The first-order valence-corrected chi connectivity index (χ1v) is 10.3. The summed E-state index contributed by atoms with van der Waals surface area (Å²) >= 11 is 0. The molecular formula is C22H17N3O3S. The number of methoxy groups -OCH3 is 1. The van der Waals surface area contributed by atoms with Crippen molar-refractivity contribution in [2.45, 2.75) is 11.8 Å². The third kappa shape index (κ3) is 3.13. The van der Waals surface area contributed by atoms with Gasteiger partial charge in [0.15, 0.2) is 0 Å². The van der Waals surface area contributed by atoms with E-state index in [2.05, 4.69) is 11.2 Å². The predicted molar refractivity (Wildman–Crippen MR) is 110 cm³/mol. The molecule has 29 heavy (non-hydrogen) atoms. The van der Waals surface area contributed by atoms with Gasteiger partial charge < -0.3 is 4.74 Å². The topological polar surface area (TPSA) is 85.0 Å². The Morgan fingerprint density at radius 3 is 2.45 bits per heavy atom. The van der Waals surface area contributed by atoms with Gasteiger partial charge in [-0.15, -0.1) is 0 Å². The van der Waals surface area contributed by atoms with Gasteiger partial charge in [0.25, 0.3) is 10.0 Å². The Hall–Kier alpha value is -3.63. The second-order valence-corrected chi connectivity index (χ2v) is 8.32. The van der Waals surface area contributed by atoms with Gasteiger partial charge in [-0.2, -0.15) is 22.9 Å². The van der Waals surface area contributed by atoms with Crippen LogP contribution in [-0.4, -0.2) is 24.7 Å². The normalized spacial score (nSPS) is 11.3. The van der Waals surface area contributed by atoms with Gasteiger partial charge in [0, 0.05) is 10.9 Å². The average molecular weight is 403 g/mol. The SMILES string of the molecule is COc1cccc(-c2nn(S(=O)(=O)c3ccc(C)cc3)c3c(C#N)cccc23)c1. The maximum absolute atomic E-state index is 13.4. The van der Waals surface area contributed by atoms with Gasteiger partial charge in [-0.1, -0.05) is 42.0 Å². The fourth-order valence-corrected chi connectivity index (χ4v) is 4.50. The fourth-order valence-electron chi connectivity index (χ4n) is 3.19. The first-order valence-electron chi connectivity index (χ1n) is 8.84. The molecule has 144 valence electrons. The van der Waals surface area contributed by atoms with E-state index in [1.807, 2.05) is 19.1 Å². The molecule has 0 aliphatic heterocycles. The highest BCUT2D eigenvalue weighted by Crippen LogP contribution is 2.33. The molecule has 0 aliphatic rings. The van der Waals surface area contributed by atoms with Crippen molar-refractivity contribution in [1.82, 2.24) is 9.19 Å². The number of aromatic nitrogens is 2. The Morgan fingerprint density at radius 2 is 1.76 bits per heavy atom. The van der Waals surface area contributed by atoms with Crippen molar-refractivity contribution < 1.29 is 13.2 Å². The lowest BCUT2D eigenvalue weighted by Crippen LogP contribution is -2.15. The number of benzene rings is 3. The van der Waals surface area contributed by atoms with Crippen LogP contribution in [0, 0.1) is 18.3 Å². The lowest BCUT2D eigenvalue weighted by molar-refractivity contribution is 0.415. The summed E-state index contributed by atoms with van der Waals surface area (Å²) in [5.74, 6) is 0.628. The van der Waals surface area contributed by atoms with Crippen molar-refractivity contribution in [2.75, 3.05) is 7.11 Å². The van der Waals surface area contributed by atoms with Crippen molar-refractivity contribution in [3.63, 3.8) is 0 Å². The van der Waals surface area contributed by atoms with Crippen LogP contribution in [0.5, 0.6) is 5.75 Å². The third-order valence-electron chi connectivity index (χ3n) is 4.68. The lowest BCUT2D eigenvalue weighted by atomic mass is 10.1. The average Bonchev–Trinajstić information content (AvgIpc) is 3.15. The Kier molecular flexibility index (Phi) is 4.57. The van der Waals surface area contributed by atoms with E-state index in [-0.39, 0.29) is 16.0 Å². The van der Waals surface area contributed by atoms with E-state index in [1.165, 1.54) is 0 Å². The van der Waals surface area contributed by atoms with Crippen LogP contribution in [-0.2, 0) is 10.0 Å². The van der Waals surface area contributed by atoms with E-state index < -0.39 is 10.0 Å². The molecule has 0 spiro atoms. The van der Waals surface area contributed by atoms with E-state index >= 15 is 0 Å². The van der Waals surface area contributed by atoms with Gasteiger partial charge in [0.1, 0.15) is 23.0 Å². The first-order chi connectivity index (χ1) is 14.0. The van der Waals surface area contributed by atoms with Gasteiger partial charge in [0.2, 0.25) is 0 Å². The Morgan fingerprint density at radius 1 is 1.03 bits per heavy atom. The highest BCUT2D eigenvalue weighted by molar-refractivity contribution is 7.90. The molecule has 1 heterocycles. The summed E-state index contributed by atoms with van der Waals surface area (Å²) in [7, 11) is -2.43. The van der Waals surface area contributed by atoms with Crippen molar-refractivity contribution in [3.8, 4) is 23.1 Å². The van der Waals surface area contributed by atoms with Gasteiger partial charge in [0.05, 0.1) is 17.6 Å². The second-order valence-electron chi connectivity index (χ2n) is 6.56. The number of hydrogen-bond donors (Lipinski definition) is 0. The molecule has 1 aromatic heterocycles. The largest absolute Gasteiger partial charge is 0.497 e. The van der Waals surface area contributed by atoms with E-state index in [4.69, 9.17) is 4.74 Å². The van der Waals surface area contributed by atoms with E-state index in [0.29, 0.717) is 22.4 Å². The smallest absolute Gasteiger partial charge is 0.283 e. The van der Waals surface area contributed by atoms with Crippen LogP contribution in [0.4, 0.5) is 0 Å². The maximum Gasteiger partial charge on any atom is 0.283 e. The maximum atomic E-state index is 13.4. The number of rotatable bonds is 4. The van der Waals surface area contributed by atoms with Crippen molar-refractivity contribution in [3.05, 3.63) is 77.9 Å². The van der Waals surface area contributed by atoms with Crippen LogP contribution in [0.3, 0.4) is 0 Å². The molecule has 0 aliphatic carbocycles. The van der Waals surface area contributed by atoms with Crippen LogP contribution in [0.2, 0.25) is 0 Å². The standard InChI is InChI=1S/C22H17N3O3S/c1-15-9-11-19(12-10-15)29(26,27)25-22-17(14-23)6-4-8-20(22)21(24-25)16-5-3-7-18(13-16)28-2/h3-13H,1-2H3. The van der Waals surface area contributed by atoms with Crippen molar-refractivity contribution >= 4 is 20.9 Å². The molecule has 0 amide bonds. The molecule has 0 unspecified atom stereocenters. The van der Waals surface area contributed by atoms with Gasteiger partial charge in [-0.25, -0.2) is 0 Å². The number of para-hydroxylation sites is 1. The number of nitrogens with zero attached hydrogens (tertiary/aromatic N) is 3. The predicted octanol–water partition coefficient (Wildman–Crippen LogP) is 4.13. The minimum atomic E-state index is -3.99. The number of hydrogen-bond acceptors (Lipinski definition) is 5. The minimum Gasteiger partial charge on any atom is -0.497 e. The molecule has 0 bridgehead atoms. The molecule has 0 saturated heterocycles. The molecule has 0 N–H and O–H groups in total.